The quantitative estimate of drug-likeness (QED) is 0.826. The zero-order chi connectivity index (χ0) is 11.4. The van der Waals surface area contributed by atoms with Gasteiger partial charge in [-0.15, -0.1) is 0 Å². The van der Waals surface area contributed by atoms with Crippen LogP contribution in [0.4, 0.5) is 0 Å². The number of hydrogen-bond donors (Lipinski definition) is 1. The zero-order valence-electron chi connectivity index (χ0n) is 10.00. The highest BCUT2D eigenvalue weighted by atomic mass is 15.2. The third kappa shape index (κ3) is 2.63. The van der Waals surface area contributed by atoms with E-state index in [0.29, 0.717) is 0 Å². The first kappa shape index (κ1) is 11.2. The molecule has 1 fully saturated rings. The Balaban J connectivity index is 1.92. The summed E-state index contributed by atoms with van der Waals surface area (Å²) in [6, 6.07) is 8.55. The molecule has 1 saturated heterocycles. The normalized spacial score (nSPS) is 16.6. The Hall–Kier alpha value is -1.31. The van der Waals surface area contributed by atoms with Crippen LogP contribution in [0, 0.1) is 12.3 Å². The van der Waals surface area contributed by atoms with Gasteiger partial charge in [-0.05, 0) is 37.3 Å². The molecule has 0 radical (unpaired) electrons. The summed E-state index contributed by atoms with van der Waals surface area (Å²) in [5.41, 5.74) is 2.78. The summed E-state index contributed by atoms with van der Waals surface area (Å²) in [6.45, 7) is 4.24. The molecule has 86 valence electrons. The monoisotopic (exact) mass is 216 g/mol. The third-order valence-corrected chi connectivity index (χ3v) is 3.39. The summed E-state index contributed by atoms with van der Waals surface area (Å²) in [5.74, 6) is 0.833. The Morgan fingerprint density at radius 2 is 2.06 bits per heavy atom. The van der Waals surface area contributed by atoms with Crippen molar-refractivity contribution in [3.8, 4) is 0 Å². The number of hydrogen-bond acceptors (Lipinski definition) is 1. The van der Waals surface area contributed by atoms with E-state index in [9.17, 15) is 0 Å². The van der Waals surface area contributed by atoms with E-state index in [4.69, 9.17) is 5.41 Å². The molecule has 1 aliphatic rings. The molecule has 1 aliphatic heterocycles. The van der Waals surface area contributed by atoms with Gasteiger partial charge >= 0.3 is 0 Å². The summed E-state index contributed by atoms with van der Waals surface area (Å²) in [6.07, 6.45) is 4.47. The summed E-state index contributed by atoms with van der Waals surface area (Å²) in [5, 5.41) is 7.89. The summed E-state index contributed by atoms with van der Waals surface area (Å²) in [4.78, 5) is 2.23. The Kier molecular flexibility index (Phi) is 3.60. The maximum Gasteiger partial charge on any atom is 0.0957 e. The van der Waals surface area contributed by atoms with Crippen LogP contribution in [-0.4, -0.2) is 23.8 Å². The Labute approximate surface area is 97.8 Å². The molecule has 0 spiro atoms. The zero-order valence-corrected chi connectivity index (χ0v) is 10.00. The van der Waals surface area contributed by atoms with Crippen LogP contribution in [0.5, 0.6) is 0 Å². The van der Waals surface area contributed by atoms with Gasteiger partial charge < -0.3 is 4.90 Å². The highest BCUT2D eigenvalue weighted by molar-refractivity contribution is 5.79. The van der Waals surface area contributed by atoms with Crippen molar-refractivity contribution in [1.82, 2.24) is 4.90 Å². The van der Waals surface area contributed by atoms with Crippen LogP contribution >= 0.6 is 0 Å². The predicted octanol–water partition coefficient (Wildman–Crippen LogP) is 3.00. The van der Waals surface area contributed by atoms with Gasteiger partial charge in [-0.25, -0.2) is 0 Å². The lowest BCUT2D eigenvalue weighted by molar-refractivity contribution is 0.370. The fourth-order valence-corrected chi connectivity index (χ4v) is 2.28. The summed E-state index contributed by atoms with van der Waals surface area (Å²) < 4.78 is 0. The molecule has 0 atom stereocenters. The van der Waals surface area contributed by atoms with Gasteiger partial charge in [-0.2, -0.15) is 0 Å². The molecule has 0 unspecified atom stereocenters. The molecule has 1 N–H and O–H groups in total. The molecule has 16 heavy (non-hydrogen) atoms. The van der Waals surface area contributed by atoms with Gasteiger partial charge in [0.05, 0.1) is 5.84 Å². The van der Waals surface area contributed by atoms with Crippen molar-refractivity contribution in [3.63, 3.8) is 0 Å². The van der Waals surface area contributed by atoms with Gasteiger partial charge in [0, 0.05) is 19.5 Å². The summed E-state index contributed by atoms with van der Waals surface area (Å²) >= 11 is 0. The van der Waals surface area contributed by atoms with Crippen LogP contribution in [0.25, 0.3) is 0 Å². The minimum absolute atomic E-state index is 0.833. The van der Waals surface area contributed by atoms with Crippen molar-refractivity contribution in [2.24, 2.45) is 0 Å². The molecule has 0 aliphatic carbocycles. The number of piperidine rings is 1. The lowest BCUT2D eigenvalue weighted by Crippen LogP contribution is -2.36. The van der Waals surface area contributed by atoms with E-state index in [-0.39, 0.29) is 0 Å². The van der Waals surface area contributed by atoms with Crippen molar-refractivity contribution in [2.45, 2.75) is 32.6 Å². The van der Waals surface area contributed by atoms with Gasteiger partial charge in [0.1, 0.15) is 0 Å². The van der Waals surface area contributed by atoms with E-state index in [1.54, 1.807) is 0 Å². The molecular weight excluding hydrogens is 196 g/mol. The molecule has 2 heteroatoms. The van der Waals surface area contributed by atoms with Crippen molar-refractivity contribution >= 4 is 5.84 Å². The van der Waals surface area contributed by atoms with E-state index >= 15 is 0 Å². The maximum atomic E-state index is 7.89. The fourth-order valence-electron chi connectivity index (χ4n) is 2.28. The van der Waals surface area contributed by atoms with Crippen molar-refractivity contribution in [3.05, 3.63) is 35.4 Å². The van der Waals surface area contributed by atoms with E-state index < -0.39 is 0 Å². The second kappa shape index (κ2) is 5.15. The standard InChI is InChI=1S/C14H20N2/c1-12-6-2-3-7-13(12)9-11-16-10-5-4-8-14(16)15/h2-3,6-7,15H,4-5,8-11H2,1H3. The lowest BCUT2D eigenvalue weighted by Gasteiger charge is -2.29. The average Bonchev–Trinajstić information content (AvgIpc) is 2.30. The van der Waals surface area contributed by atoms with Crippen LogP contribution < -0.4 is 0 Å². The van der Waals surface area contributed by atoms with E-state index in [1.807, 2.05) is 0 Å². The fraction of sp³-hybridized carbons (Fsp3) is 0.500. The Bertz CT molecular complexity index is 371. The number of rotatable bonds is 3. The molecule has 1 aromatic rings. The predicted molar refractivity (Wildman–Crippen MR) is 68.0 cm³/mol. The van der Waals surface area contributed by atoms with Gasteiger partial charge in [0.2, 0.25) is 0 Å². The van der Waals surface area contributed by atoms with Crippen molar-refractivity contribution in [1.29, 1.82) is 5.41 Å². The second-order valence-electron chi connectivity index (χ2n) is 4.57. The highest BCUT2D eigenvalue weighted by Gasteiger charge is 2.14. The van der Waals surface area contributed by atoms with Gasteiger partial charge in [0.25, 0.3) is 0 Å². The number of nitrogens with one attached hydrogen (secondary N) is 1. The van der Waals surface area contributed by atoms with Crippen molar-refractivity contribution in [2.75, 3.05) is 13.1 Å². The number of amidine groups is 1. The Morgan fingerprint density at radius 3 is 2.81 bits per heavy atom. The number of aryl methyl sites for hydroxylation is 1. The van der Waals surface area contributed by atoms with Crippen LogP contribution in [0.2, 0.25) is 0 Å². The maximum absolute atomic E-state index is 7.89. The van der Waals surface area contributed by atoms with E-state index in [2.05, 4.69) is 36.1 Å². The van der Waals surface area contributed by atoms with Crippen LogP contribution in [0.1, 0.15) is 30.4 Å². The Morgan fingerprint density at radius 1 is 1.25 bits per heavy atom. The molecule has 0 amide bonds. The molecule has 1 aromatic carbocycles. The minimum Gasteiger partial charge on any atom is -0.360 e. The van der Waals surface area contributed by atoms with Gasteiger partial charge in [-0.1, -0.05) is 24.3 Å². The molecular formula is C14H20N2. The number of likely N-dealkylation sites (tertiary alicyclic amines) is 1. The van der Waals surface area contributed by atoms with Gasteiger partial charge in [0.15, 0.2) is 0 Å². The topological polar surface area (TPSA) is 27.1 Å². The molecule has 0 aromatic heterocycles. The average molecular weight is 216 g/mol. The largest absolute Gasteiger partial charge is 0.360 e. The van der Waals surface area contributed by atoms with Crippen molar-refractivity contribution < 1.29 is 0 Å². The highest BCUT2D eigenvalue weighted by Crippen LogP contribution is 2.13. The molecule has 0 saturated carbocycles. The van der Waals surface area contributed by atoms with E-state index in [0.717, 1.165) is 31.8 Å². The van der Waals surface area contributed by atoms with Crippen LogP contribution in [0.3, 0.4) is 0 Å². The number of benzene rings is 1. The SMILES string of the molecule is Cc1ccccc1CCN1CCCCC1=N. The molecule has 2 nitrogen and oxygen atoms in total. The van der Waals surface area contributed by atoms with Crippen LogP contribution in [0.15, 0.2) is 24.3 Å². The first-order valence-electron chi connectivity index (χ1n) is 6.14. The summed E-state index contributed by atoms with van der Waals surface area (Å²) in [7, 11) is 0. The second-order valence-corrected chi connectivity index (χ2v) is 4.57. The van der Waals surface area contributed by atoms with Gasteiger partial charge in [-0.3, -0.25) is 5.41 Å². The first-order chi connectivity index (χ1) is 7.77. The lowest BCUT2D eigenvalue weighted by atomic mass is 10.0. The molecule has 0 bridgehead atoms. The van der Waals surface area contributed by atoms with Crippen LogP contribution in [-0.2, 0) is 6.42 Å². The van der Waals surface area contributed by atoms with E-state index in [1.165, 1.54) is 24.0 Å². The first-order valence-corrected chi connectivity index (χ1v) is 6.14. The minimum atomic E-state index is 0.833. The molecule has 2 rings (SSSR count). The molecule has 1 heterocycles. The third-order valence-electron chi connectivity index (χ3n) is 3.39. The number of nitrogens with zero attached hydrogens (tertiary/aromatic N) is 1. The smallest absolute Gasteiger partial charge is 0.0957 e.